The van der Waals surface area contributed by atoms with Crippen LogP contribution in [0.3, 0.4) is 0 Å². The van der Waals surface area contributed by atoms with E-state index in [0.29, 0.717) is 25.8 Å². The van der Waals surface area contributed by atoms with E-state index in [-0.39, 0.29) is 5.82 Å². The molecular formula is C14H23FN2O. The maximum atomic E-state index is 13.1. The highest BCUT2D eigenvalue weighted by atomic mass is 19.1. The zero-order chi connectivity index (χ0) is 13.4. The minimum Gasteiger partial charge on any atom is -0.379 e. The molecule has 1 aromatic rings. The monoisotopic (exact) mass is 254 g/mol. The zero-order valence-corrected chi connectivity index (χ0v) is 11.2. The molecule has 0 heterocycles. The van der Waals surface area contributed by atoms with Crippen LogP contribution in [-0.4, -0.2) is 37.2 Å². The molecule has 0 aliphatic rings. The zero-order valence-electron chi connectivity index (χ0n) is 11.2. The van der Waals surface area contributed by atoms with Crippen LogP contribution in [0, 0.1) is 5.82 Å². The molecule has 4 heteroatoms. The van der Waals surface area contributed by atoms with E-state index in [0.717, 1.165) is 18.7 Å². The first-order chi connectivity index (χ1) is 8.63. The second-order valence-corrected chi connectivity index (χ2v) is 4.60. The Morgan fingerprint density at radius 3 is 2.72 bits per heavy atom. The van der Waals surface area contributed by atoms with Gasteiger partial charge in [-0.2, -0.15) is 0 Å². The molecule has 0 bridgehead atoms. The van der Waals surface area contributed by atoms with Crippen molar-refractivity contribution in [1.29, 1.82) is 0 Å². The van der Waals surface area contributed by atoms with Gasteiger partial charge in [-0.3, -0.25) is 4.90 Å². The molecule has 0 unspecified atom stereocenters. The smallest absolute Gasteiger partial charge is 0.123 e. The summed E-state index contributed by atoms with van der Waals surface area (Å²) in [6, 6.07) is 7.13. The van der Waals surface area contributed by atoms with Crippen LogP contribution in [-0.2, 0) is 11.3 Å². The van der Waals surface area contributed by atoms with Crippen molar-refractivity contribution in [2.24, 2.45) is 5.73 Å². The third kappa shape index (κ3) is 5.58. The Kier molecular flexibility index (Phi) is 6.86. The largest absolute Gasteiger partial charge is 0.379 e. The highest BCUT2D eigenvalue weighted by Crippen LogP contribution is 2.09. The number of benzene rings is 1. The summed E-state index contributed by atoms with van der Waals surface area (Å²) in [6.45, 7) is 7.61. The predicted octanol–water partition coefficient (Wildman–Crippen LogP) is 2.01. The molecule has 0 fully saturated rings. The number of nitrogens with zero attached hydrogens (tertiary/aromatic N) is 1. The van der Waals surface area contributed by atoms with Crippen molar-refractivity contribution in [2.75, 3.05) is 26.3 Å². The quantitative estimate of drug-likeness (QED) is 0.721. The lowest BCUT2D eigenvalue weighted by Crippen LogP contribution is -2.33. The van der Waals surface area contributed by atoms with E-state index in [4.69, 9.17) is 10.5 Å². The molecule has 1 rings (SSSR count). The highest BCUT2D eigenvalue weighted by molar-refractivity contribution is 5.16. The number of halogens is 1. The van der Waals surface area contributed by atoms with E-state index in [2.05, 4.69) is 18.7 Å². The molecule has 102 valence electrons. The fraction of sp³-hybridized carbons (Fsp3) is 0.571. The van der Waals surface area contributed by atoms with Gasteiger partial charge in [-0.05, 0) is 31.5 Å². The summed E-state index contributed by atoms with van der Waals surface area (Å²) in [5, 5.41) is 0. The molecule has 0 saturated heterocycles. The van der Waals surface area contributed by atoms with Gasteiger partial charge < -0.3 is 10.5 Å². The van der Waals surface area contributed by atoms with Gasteiger partial charge in [0.2, 0.25) is 0 Å². The molecule has 0 spiro atoms. The Labute approximate surface area is 109 Å². The summed E-state index contributed by atoms with van der Waals surface area (Å²) in [5.41, 5.74) is 6.35. The Balaban J connectivity index is 2.47. The van der Waals surface area contributed by atoms with Gasteiger partial charge in [0.25, 0.3) is 0 Å². The molecule has 0 atom stereocenters. The number of rotatable bonds is 8. The molecule has 0 amide bonds. The molecule has 0 aliphatic carbocycles. The predicted molar refractivity (Wildman–Crippen MR) is 71.8 cm³/mol. The Morgan fingerprint density at radius 2 is 2.11 bits per heavy atom. The van der Waals surface area contributed by atoms with Crippen molar-refractivity contribution in [1.82, 2.24) is 4.90 Å². The van der Waals surface area contributed by atoms with Crippen LogP contribution in [0.4, 0.5) is 4.39 Å². The lowest BCUT2D eigenvalue weighted by Gasteiger charge is -2.26. The average molecular weight is 254 g/mol. The normalized spacial score (nSPS) is 11.4. The lowest BCUT2D eigenvalue weighted by molar-refractivity contribution is 0.0938. The second-order valence-electron chi connectivity index (χ2n) is 4.60. The van der Waals surface area contributed by atoms with Gasteiger partial charge in [0.15, 0.2) is 0 Å². The fourth-order valence-electron chi connectivity index (χ4n) is 1.76. The van der Waals surface area contributed by atoms with Gasteiger partial charge >= 0.3 is 0 Å². The van der Waals surface area contributed by atoms with Crippen molar-refractivity contribution < 1.29 is 9.13 Å². The third-order valence-corrected chi connectivity index (χ3v) is 2.79. The maximum Gasteiger partial charge on any atom is 0.123 e. The molecule has 1 aromatic carbocycles. The van der Waals surface area contributed by atoms with E-state index in [1.54, 1.807) is 12.1 Å². The first kappa shape index (κ1) is 15.1. The van der Waals surface area contributed by atoms with Crippen molar-refractivity contribution >= 4 is 0 Å². The van der Waals surface area contributed by atoms with E-state index in [1.807, 2.05) is 6.07 Å². The van der Waals surface area contributed by atoms with Gasteiger partial charge in [-0.15, -0.1) is 0 Å². The molecule has 0 radical (unpaired) electrons. The fourth-order valence-corrected chi connectivity index (χ4v) is 1.76. The van der Waals surface area contributed by atoms with Gasteiger partial charge in [-0.1, -0.05) is 12.1 Å². The Morgan fingerprint density at radius 1 is 1.33 bits per heavy atom. The SMILES string of the molecule is CC(C)N(CCOCCN)Cc1cccc(F)c1. The number of hydrogen-bond donors (Lipinski definition) is 1. The van der Waals surface area contributed by atoms with Crippen LogP contribution in [0.15, 0.2) is 24.3 Å². The first-order valence-corrected chi connectivity index (χ1v) is 6.39. The molecule has 18 heavy (non-hydrogen) atoms. The van der Waals surface area contributed by atoms with E-state index < -0.39 is 0 Å². The maximum absolute atomic E-state index is 13.1. The molecule has 0 aromatic heterocycles. The van der Waals surface area contributed by atoms with Crippen LogP contribution in [0.1, 0.15) is 19.4 Å². The number of ether oxygens (including phenoxy) is 1. The van der Waals surface area contributed by atoms with Gasteiger partial charge in [-0.25, -0.2) is 4.39 Å². The van der Waals surface area contributed by atoms with Gasteiger partial charge in [0.05, 0.1) is 13.2 Å². The minimum absolute atomic E-state index is 0.185. The molecule has 3 nitrogen and oxygen atoms in total. The summed E-state index contributed by atoms with van der Waals surface area (Å²) < 4.78 is 18.5. The van der Waals surface area contributed by atoms with E-state index in [9.17, 15) is 4.39 Å². The lowest BCUT2D eigenvalue weighted by atomic mass is 10.2. The summed E-state index contributed by atoms with van der Waals surface area (Å²) in [7, 11) is 0. The molecular weight excluding hydrogens is 231 g/mol. The summed E-state index contributed by atoms with van der Waals surface area (Å²) in [4.78, 5) is 2.26. The van der Waals surface area contributed by atoms with Gasteiger partial charge in [0, 0.05) is 25.7 Å². The van der Waals surface area contributed by atoms with Crippen molar-refractivity contribution in [3.05, 3.63) is 35.6 Å². The first-order valence-electron chi connectivity index (χ1n) is 6.39. The standard InChI is InChI=1S/C14H23FN2O/c1-12(2)17(7-9-18-8-6-16)11-13-4-3-5-14(15)10-13/h3-5,10,12H,6-9,11,16H2,1-2H3. The number of nitrogens with two attached hydrogens (primary N) is 1. The van der Waals surface area contributed by atoms with E-state index >= 15 is 0 Å². The topological polar surface area (TPSA) is 38.5 Å². The van der Waals surface area contributed by atoms with E-state index in [1.165, 1.54) is 6.07 Å². The molecule has 0 saturated carbocycles. The summed E-state index contributed by atoms with van der Waals surface area (Å²) in [6.07, 6.45) is 0. The average Bonchev–Trinajstić information content (AvgIpc) is 2.33. The van der Waals surface area contributed by atoms with Crippen LogP contribution >= 0.6 is 0 Å². The van der Waals surface area contributed by atoms with Crippen LogP contribution in [0.25, 0.3) is 0 Å². The third-order valence-electron chi connectivity index (χ3n) is 2.79. The minimum atomic E-state index is -0.185. The second kappa shape index (κ2) is 8.19. The van der Waals surface area contributed by atoms with Crippen LogP contribution in [0.2, 0.25) is 0 Å². The molecule has 2 N–H and O–H groups in total. The number of hydrogen-bond acceptors (Lipinski definition) is 3. The van der Waals surface area contributed by atoms with Crippen molar-refractivity contribution in [3.63, 3.8) is 0 Å². The van der Waals surface area contributed by atoms with Crippen LogP contribution in [0.5, 0.6) is 0 Å². The summed E-state index contributed by atoms with van der Waals surface area (Å²) in [5.74, 6) is -0.185. The van der Waals surface area contributed by atoms with Crippen molar-refractivity contribution in [2.45, 2.75) is 26.4 Å². The highest BCUT2D eigenvalue weighted by Gasteiger charge is 2.10. The van der Waals surface area contributed by atoms with Crippen LogP contribution < -0.4 is 5.73 Å². The Hall–Kier alpha value is -0.970. The van der Waals surface area contributed by atoms with Crippen molar-refractivity contribution in [3.8, 4) is 0 Å². The van der Waals surface area contributed by atoms with Gasteiger partial charge in [0.1, 0.15) is 5.82 Å². The molecule has 0 aliphatic heterocycles. The Bertz CT molecular complexity index is 344. The summed E-state index contributed by atoms with van der Waals surface area (Å²) >= 11 is 0.